The van der Waals surface area contributed by atoms with E-state index in [1.165, 1.54) is 11.3 Å². The van der Waals surface area contributed by atoms with E-state index in [-0.39, 0.29) is 0 Å². The zero-order valence-electron chi connectivity index (χ0n) is 12.3. The van der Waals surface area contributed by atoms with Crippen molar-refractivity contribution < 1.29 is 9.47 Å². The molecule has 0 saturated heterocycles. The van der Waals surface area contributed by atoms with E-state index in [0.29, 0.717) is 0 Å². The van der Waals surface area contributed by atoms with E-state index in [9.17, 15) is 0 Å². The Morgan fingerprint density at radius 2 is 1.90 bits per heavy atom. The Balaban J connectivity index is 2.15. The molecule has 2 aromatic rings. The van der Waals surface area contributed by atoms with Crippen LogP contribution in [0, 0.1) is 0 Å². The fourth-order valence-electron chi connectivity index (χ4n) is 2.19. The molecule has 0 amide bonds. The van der Waals surface area contributed by atoms with Crippen LogP contribution < -0.4 is 14.8 Å². The summed E-state index contributed by atoms with van der Waals surface area (Å²) >= 11 is 0. The van der Waals surface area contributed by atoms with Gasteiger partial charge in [0.1, 0.15) is 0 Å². The highest BCUT2D eigenvalue weighted by Gasteiger charge is 2.06. The molecule has 1 aromatic heterocycles. The van der Waals surface area contributed by atoms with Gasteiger partial charge in [-0.2, -0.15) is 0 Å². The highest BCUT2D eigenvalue weighted by molar-refractivity contribution is 5.43. The standard InChI is InChI=1S/C16H22N2O2/c1-4-17-11-14-6-5-9-18(14)12-13-7-8-15(19-2)16(10-13)20-3/h5-10,17H,4,11-12H2,1-3H3. The lowest BCUT2D eigenvalue weighted by Crippen LogP contribution is -2.15. The van der Waals surface area contributed by atoms with Crippen LogP contribution in [0.1, 0.15) is 18.2 Å². The monoisotopic (exact) mass is 274 g/mol. The summed E-state index contributed by atoms with van der Waals surface area (Å²) in [5.74, 6) is 1.53. The molecule has 4 nitrogen and oxygen atoms in total. The van der Waals surface area contributed by atoms with Gasteiger partial charge in [0.05, 0.1) is 14.2 Å². The first-order valence-corrected chi connectivity index (χ1v) is 6.84. The molecule has 0 aliphatic carbocycles. The number of ether oxygens (including phenoxy) is 2. The Morgan fingerprint density at radius 1 is 1.10 bits per heavy atom. The fraction of sp³-hybridized carbons (Fsp3) is 0.375. The van der Waals surface area contributed by atoms with Gasteiger partial charge in [0.15, 0.2) is 11.5 Å². The molecule has 20 heavy (non-hydrogen) atoms. The smallest absolute Gasteiger partial charge is 0.161 e. The summed E-state index contributed by atoms with van der Waals surface area (Å²) in [5.41, 5.74) is 2.47. The quantitative estimate of drug-likeness (QED) is 0.843. The molecule has 1 heterocycles. The summed E-state index contributed by atoms with van der Waals surface area (Å²) < 4.78 is 12.8. The van der Waals surface area contributed by atoms with Crippen LogP contribution in [0.4, 0.5) is 0 Å². The van der Waals surface area contributed by atoms with E-state index in [1.807, 2.05) is 12.1 Å². The van der Waals surface area contributed by atoms with Crippen molar-refractivity contribution in [1.29, 1.82) is 0 Å². The maximum absolute atomic E-state index is 5.34. The maximum atomic E-state index is 5.34. The van der Waals surface area contributed by atoms with E-state index in [2.05, 4.69) is 41.2 Å². The van der Waals surface area contributed by atoms with Crippen molar-refractivity contribution in [1.82, 2.24) is 9.88 Å². The van der Waals surface area contributed by atoms with Crippen LogP contribution in [-0.4, -0.2) is 25.3 Å². The van der Waals surface area contributed by atoms with Gasteiger partial charge in [0.2, 0.25) is 0 Å². The van der Waals surface area contributed by atoms with E-state index in [0.717, 1.165) is 31.1 Å². The summed E-state index contributed by atoms with van der Waals surface area (Å²) in [5, 5.41) is 3.35. The van der Waals surface area contributed by atoms with Gasteiger partial charge in [-0.25, -0.2) is 0 Å². The van der Waals surface area contributed by atoms with E-state index in [4.69, 9.17) is 9.47 Å². The first-order valence-electron chi connectivity index (χ1n) is 6.84. The zero-order chi connectivity index (χ0) is 14.4. The molecule has 108 valence electrons. The van der Waals surface area contributed by atoms with Crippen molar-refractivity contribution in [3.05, 3.63) is 47.8 Å². The summed E-state index contributed by atoms with van der Waals surface area (Å²) in [6.07, 6.45) is 2.10. The van der Waals surface area contributed by atoms with Gasteiger partial charge in [0.25, 0.3) is 0 Å². The Labute approximate surface area is 120 Å². The zero-order valence-corrected chi connectivity index (χ0v) is 12.3. The number of nitrogens with one attached hydrogen (secondary N) is 1. The topological polar surface area (TPSA) is 35.4 Å². The van der Waals surface area contributed by atoms with Crippen LogP contribution >= 0.6 is 0 Å². The Hall–Kier alpha value is -1.94. The molecule has 0 atom stereocenters. The number of benzene rings is 1. The third-order valence-corrected chi connectivity index (χ3v) is 3.28. The second-order valence-corrected chi connectivity index (χ2v) is 4.60. The number of hydrogen-bond donors (Lipinski definition) is 1. The average Bonchev–Trinajstić information content (AvgIpc) is 2.92. The fourth-order valence-corrected chi connectivity index (χ4v) is 2.19. The van der Waals surface area contributed by atoms with Crippen LogP contribution in [0.3, 0.4) is 0 Å². The van der Waals surface area contributed by atoms with Gasteiger partial charge in [-0.05, 0) is 36.4 Å². The van der Waals surface area contributed by atoms with Crippen LogP contribution in [0.25, 0.3) is 0 Å². The molecular weight excluding hydrogens is 252 g/mol. The number of methoxy groups -OCH3 is 2. The minimum atomic E-state index is 0.761. The Kier molecular flexibility index (Phi) is 5.07. The number of aromatic nitrogens is 1. The third-order valence-electron chi connectivity index (χ3n) is 3.28. The van der Waals surface area contributed by atoms with Crippen LogP contribution in [0.5, 0.6) is 11.5 Å². The largest absolute Gasteiger partial charge is 0.493 e. The predicted octanol–water partition coefficient (Wildman–Crippen LogP) is 2.66. The highest BCUT2D eigenvalue weighted by Crippen LogP contribution is 2.28. The van der Waals surface area contributed by atoms with Gasteiger partial charge in [-0.15, -0.1) is 0 Å². The number of rotatable bonds is 7. The SMILES string of the molecule is CCNCc1cccn1Cc1ccc(OC)c(OC)c1. The van der Waals surface area contributed by atoms with Gasteiger partial charge in [-0.1, -0.05) is 13.0 Å². The Morgan fingerprint density at radius 3 is 2.60 bits per heavy atom. The molecular formula is C16H22N2O2. The predicted molar refractivity (Wildman–Crippen MR) is 80.5 cm³/mol. The molecule has 1 aromatic carbocycles. The van der Waals surface area contributed by atoms with Crippen molar-refractivity contribution in [3.63, 3.8) is 0 Å². The summed E-state index contributed by atoms with van der Waals surface area (Å²) in [6.45, 7) is 4.80. The highest BCUT2D eigenvalue weighted by atomic mass is 16.5. The lowest BCUT2D eigenvalue weighted by molar-refractivity contribution is 0.354. The normalized spacial score (nSPS) is 10.6. The van der Waals surface area contributed by atoms with Gasteiger partial charge >= 0.3 is 0 Å². The van der Waals surface area contributed by atoms with Gasteiger partial charge in [-0.3, -0.25) is 0 Å². The molecule has 0 fully saturated rings. The third kappa shape index (κ3) is 3.33. The van der Waals surface area contributed by atoms with Crippen molar-refractivity contribution in [2.75, 3.05) is 20.8 Å². The Bertz CT molecular complexity index is 549. The van der Waals surface area contributed by atoms with Gasteiger partial charge < -0.3 is 19.4 Å². The number of nitrogens with zero attached hydrogens (tertiary/aromatic N) is 1. The lowest BCUT2D eigenvalue weighted by atomic mass is 10.2. The minimum Gasteiger partial charge on any atom is -0.493 e. The van der Waals surface area contributed by atoms with Crippen LogP contribution in [0.2, 0.25) is 0 Å². The second kappa shape index (κ2) is 7.01. The molecule has 0 spiro atoms. The maximum Gasteiger partial charge on any atom is 0.161 e. The van der Waals surface area contributed by atoms with Crippen LogP contribution in [0.15, 0.2) is 36.5 Å². The second-order valence-electron chi connectivity index (χ2n) is 4.60. The van der Waals surface area contributed by atoms with Crippen molar-refractivity contribution >= 4 is 0 Å². The molecule has 0 aliphatic rings. The molecule has 0 aliphatic heterocycles. The van der Waals surface area contributed by atoms with Gasteiger partial charge in [0, 0.05) is 25.0 Å². The summed E-state index contributed by atoms with van der Waals surface area (Å²) in [6, 6.07) is 10.3. The van der Waals surface area contributed by atoms with Crippen molar-refractivity contribution in [2.45, 2.75) is 20.0 Å². The number of hydrogen-bond acceptors (Lipinski definition) is 3. The molecule has 0 unspecified atom stereocenters. The van der Waals surface area contributed by atoms with E-state index < -0.39 is 0 Å². The minimum absolute atomic E-state index is 0.761. The molecule has 1 N–H and O–H groups in total. The van der Waals surface area contributed by atoms with Crippen molar-refractivity contribution in [3.8, 4) is 11.5 Å². The molecule has 0 radical (unpaired) electrons. The first-order chi connectivity index (χ1) is 9.78. The molecule has 2 rings (SSSR count). The first kappa shape index (κ1) is 14.5. The van der Waals surface area contributed by atoms with Crippen molar-refractivity contribution in [2.24, 2.45) is 0 Å². The molecule has 0 bridgehead atoms. The summed E-state index contributed by atoms with van der Waals surface area (Å²) in [7, 11) is 3.31. The molecule has 0 saturated carbocycles. The lowest BCUT2D eigenvalue weighted by Gasteiger charge is -2.12. The average molecular weight is 274 g/mol. The van der Waals surface area contributed by atoms with E-state index in [1.54, 1.807) is 14.2 Å². The van der Waals surface area contributed by atoms with Crippen LogP contribution in [-0.2, 0) is 13.1 Å². The van der Waals surface area contributed by atoms with E-state index >= 15 is 0 Å². The summed E-state index contributed by atoms with van der Waals surface area (Å²) in [4.78, 5) is 0. The molecule has 4 heteroatoms.